The first-order valence-electron chi connectivity index (χ1n) is 7.62. The number of nitrogens with zero attached hydrogens (tertiary/aromatic N) is 1. The van der Waals surface area contributed by atoms with Gasteiger partial charge in [0.25, 0.3) is 0 Å². The Kier molecular flexibility index (Phi) is 4.86. The highest BCUT2D eigenvalue weighted by Gasteiger charge is 2.27. The minimum Gasteiger partial charge on any atom is -0.350 e. The summed E-state index contributed by atoms with van der Waals surface area (Å²) in [4.78, 5) is 25.9. The highest BCUT2D eigenvalue weighted by atomic mass is 16.2. The molecule has 1 aliphatic heterocycles. The zero-order chi connectivity index (χ0) is 16.3. The van der Waals surface area contributed by atoms with Crippen LogP contribution in [0.5, 0.6) is 0 Å². The van der Waals surface area contributed by atoms with E-state index in [2.05, 4.69) is 22.8 Å². The maximum absolute atomic E-state index is 12.5. The summed E-state index contributed by atoms with van der Waals surface area (Å²) in [5.74, 6) is -0.182. The molecule has 2 N–H and O–H groups in total. The third kappa shape index (κ3) is 4.31. The molecule has 5 nitrogen and oxygen atoms in total. The molecule has 2 amide bonds. The first-order valence-corrected chi connectivity index (χ1v) is 7.62. The highest BCUT2D eigenvalue weighted by molar-refractivity contribution is 5.88. The normalized spacial score (nSPS) is 17.5. The average molecular weight is 303 g/mol. The van der Waals surface area contributed by atoms with Crippen LogP contribution in [-0.4, -0.2) is 41.9 Å². The Morgan fingerprint density at radius 3 is 2.55 bits per heavy atom. The molecule has 0 saturated carbocycles. The first-order chi connectivity index (χ1) is 10.3. The largest absolute Gasteiger partial charge is 0.350 e. The molecular weight excluding hydrogens is 278 g/mol. The fourth-order valence-electron chi connectivity index (χ4n) is 2.65. The standard InChI is InChI=1S/C17H25N3O2/c1-17(2,3)19-15(21)11-20(4)16(22)14-9-12-7-5-6-8-13(12)10-18-14/h5-8,14,18H,9-11H2,1-4H3,(H,19,21). The predicted octanol–water partition coefficient (Wildman–Crippen LogP) is 1.07. The fourth-order valence-corrected chi connectivity index (χ4v) is 2.65. The van der Waals surface area contributed by atoms with Crippen molar-refractivity contribution < 1.29 is 9.59 Å². The van der Waals surface area contributed by atoms with Gasteiger partial charge in [0.1, 0.15) is 0 Å². The summed E-state index contributed by atoms with van der Waals surface area (Å²) in [6.07, 6.45) is 0.667. The zero-order valence-electron chi connectivity index (χ0n) is 13.8. The molecule has 1 aromatic rings. The first kappa shape index (κ1) is 16.5. The summed E-state index contributed by atoms with van der Waals surface area (Å²) >= 11 is 0. The van der Waals surface area contributed by atoms with Crippen LogP contribution in [0.25, 0.3) is 0 Å². The number of nitrogens with one attached hydrogen (secondary N) is 2. The van der Waals surface area contributed by atoms with Gasteiger partial charge in [-0.15, -0.1) is 0 Å². The molecule has 0 bridgehead atoms. The van der Waals surface area contributed by atoms with Crippen LogP contribution in [0, 0.1) is 0 Å². The van der Waals surface area contributed by atoms with E-state index in [0.29, 0.717) is 13.0 Å². The molecule has 1 atom stereocenters. The van der Waals surface area contributed by atoms with E-state index >= 15 is 0 Å². The van der Waals surface area contributed by atoms with Crippen LogP contribution in [-0.2, 0) is 22.6 Å². The lowest BCUT2D eigenvalue weighted by molar-refractivity contribution is -0.137. The van der Waals surface area contributed by atoms with Crippen LogP contribution in [0.4, 0.5) is 0 Å². The number of likely N-dealkylation sites (N-methyl/N-ethyl adjacent to an activating group) is 1. The summed E-state index contributed by atoms with van der Waals surface area (Å²) in [7, 11) is 1.67. The maximum atomic E-state index is 12.5. The molecule has 0 fully saturated rings. The van der Waals surface area contributed by atoms with Gasteiger partial charge in [-0.3, -0.25) is 9.59 Å². The third-order valence-electron chi connectivity index (χ3n) is 3.65. The SMILES string of the molecule is CN(CC(=O)NC(C)(C)C)C(=O)C1Cc2ccccc2CN1. The van der Waals surface area contributed by atoms with E-state index in [4.69, 9.17) is 0 Å². The van der Waals surface area contributed by atoms with Crippen molar-refractivity contribution in [2.45, 2.75) is 45.3 Å². The van der Waals surface area contributed by atoms with Crippen molar-refractivity contribution in [1.82, 2.24) is 15.5 Å². The van der Waals surface area contributed by atoms with E-state index in [0.717, 1.165) is 0 Å². The minimum atomic E-state index is -0.289. The van der Waals surface area contributed by atoms with E-state index in [-0.39, 0.29) is 29.9 Å². The Hall–Kier alpha value is -1.88. The lowest BCUT2D eigenvalue weighted by Crippen LogP contribution is -2.52. The Morgan fingerprint density at radius 1 is 1.27 bits per heavy atom. The van der Waals surface area contributed by atoms with Crippen molar-refractivity contribution in [3.8, 4) is 0 Å². The zero-order valence-corrected chi connectivity index (χ0v) is 13.8. The Bertz CT molecular complexity index is 563. The van der Waals surface area contributed by atoms with E-state index in [9.17, 15) is 9.59 Å². The number of rotatable bonds is 3. The van der Waals surface area contributed by atoms with E-state index in [1.165, 1.54) is 16.0 Å². The number of hydrogen-bond donors (Lipinski definition) is 2. The molecule has 1 unspecified atom stereocenters. The highest BCUT2D eigenvalue weighted by Crippen LogP contribution is 2.17. The fraction of sp³-hybridized carbons (Fsp3) is 0.529. The monoisotopic (exact) mass is 303 g/mol. The lowest BCUT2D eigenvalue weighted by atomic mass is 9.95. The van der Waals surface area contributed by atoms with E-state index in [1.54, 1.807) is 7.05 Å². The lowest BCUT2D eigenvalue weighted by Gasteiger charge is -2.29. The number of fused-ring (bicyclic) bond motifs is 1. The van der Waals surface area contributed by atoms with Gasteiger partial charge >= 0.3 is 0 Å². The summed E-state index contributed by atoms with van der Waals surface area (Å²) in [6.45, 7) is 6.54. The van der Waals surface area contributed by atoms with Gasteiger partial charge in [-0.05, 0) is 38.3 Å². The summed E-state index contributed by atoms with van der Waals surface area (Å²) < 4.78 is 0. The molecule has 5 heteroatoms. The van der Waals surface area contributed by atoms with Gasteiger partial charge in [-0.1, -0.05) is 24.3 Å². The van der Waals surface area contributed by atoms with Crippen molar-refractivity contribution in [3.05, 3.63) is 35.4 Å². The van der Waals surface area contributed by atoms with Gasteiger partial charge in [0.15, 0.2) is 0 Å². The quantitative estimate of drug-likeness (QED) is 0.878. The van der Waals surface area contributed by atoms with Gasteiger partial charge < -0.3 is 15.5 Å². The number of carbonyl (C=O) groups excluding carboxylic acids is 2. The van der Waals surface area contributed by atoms with Crippen molar-refractivity contribution >= 4 is 11.8 Å². The van der Waals surface area contributed by atoms with Crippen molar-refractivity contribution in [1.29, 1.82) is 0 Å². The molecule has 0 spiro atoms. The molecule has 0 radical (unpaired) electrons. The molecule has 120 valence electrons. The van der Waals surface area contributed by atoms with Gasteiger partial charge in [-0.25, -0.2) is 0 Å². The van der Waals surface area contributed by atoms with Crippen LogP contribution >= 0.6 is 0 Å². The van der Waals surface area contributed by atoms with E-state index < -0.39 is 0 Å². The molecular formula is C17H25N3O2. The summed E-state index contributed by atoms with van der Waals surface area (Å²) in [5.41, 5.74) is 2.15. The second kappa shape index (κ2) is 6.48. The van der Waals surface area contributed by atoms with Gasteiger partial charge in [0, 0.05) is 19.1 Å². The average Bonchev–Trinajstić information content (AvgIpc) is 2.43. The number of benzene rings is 1. The molecule has 2 rings (SSSR count). The minimum absolute atomic E-state index is 0.0430. The molecule has 22 heavy (non-hydrogen) atoms. The molecule has 0 aliphatic carbocycles. The molecule has 0 aromatic heterocycles. The summed E-state index contributed by atoms with van der Waals surface area (Å²) in [5, 5.41) is 6.12. The van der Waals surface area contributed by atoms with Gasteiger partial charge in [0.05, 0.1) is 12.6 Å². The van der Waals surface area contributed by atoms with Gasteiger partial charge in [-0.2, -0.15) is 0 Å². The Labute approximate surface area is 132 Å². The van der Waals surface area contributed by atoms with Crippen molar-refractivity contribution in [2.24, 2.45) is 0 Å². The molecule has 1 heterocycles. The second-order valence-electron chi connectivity index (χ2n) is 6.90. The maximum Gasteiger partial charge on any atom is 0.240 e. The number of hydrogen-bond acceptors (Lipinski definition) is 3. The van der Waals surface area contributed by atoms with Crippen LogP contribution in [0.1, 0.15) is 31.9 Å². The van der Waals surface area contributed by atoms with Gasteiger partial charge in [0.2, 0.25) is 11.8 Å². The smallest absolute Gasteiger partial charge is 0.240 e. The van der Waals surface area contributed by atoms with Crippen LogP contribution in [0.2, 0.25) is 0 Å². The number of amides is 2. The summed E-state index contributed by atoms with van der Waals surface area (Å²) in [6, 6.07) is 7.87. The van der Waals surface area contributed by atoms with Crippen LogP contribution in [0.3, 0.4) is 0 Å². The third-order valence-corrected chi connectivity index (χ3v) is 3.65. The van der Waals surface area contributed by atoms with Crippen LogP contribution in [0.15, 0.2) is 24.3 Å². The second-order valence-corrected chi connectivity index (χ2v) is 6.90. The molecule has 1 aromatic carbocycles. The Morgan fingerprint density at radius 2 is 1.91 bits per heavy atom. The Balaban J connectivity index is 1.93. The molecule has 1 aliphatic rings. The molecule has 0 saturated heterocycles. The van der Waals surface area contributed by atoms with Crippen molar-refractivity contribution in [2.75, 3.05) is 13.6 Å². The number of carbonyl (C=O) groups is 2. The van der Waals surface area contributed by atoms with Crippen LogP contribution < -0.4 is 10.6 Å². The van der Waals surface area contributed by atoms with Crippen molar-refractivity contribution in [3.63, 3.8) is 0 Å². The van der Waals surface area contributed by atoms with E-state index in [1.807, 2.05) is 32.9 Å². The topological polar surface area (TPSA) is 61.4 Å². The predicted molar refractivity (Wildman–Crippen MR) is 86.3 cm³/mol.